The van der Waals surface area contributed by atoms with Crippen molar-refractivity contribution < 1.29 is 9.84 Å². The van der Waals surface area contributed by atoms with Crippen LogP contribution in [0.2, 0.25) is 0 Å². The molecule has 1 aliphatic heterocycles. The first-order valence-corrected chi connectivity index (χ1v) is 7.33. The van der Waals surface area contributed by atoms with E-state index in [9.17, 15) is 5.11 Å². The second kappa shape index (κ2) is 5.88. The Morgan fingerprint density at radius 3 is 2.33 bits per heavy atom. The molecule has 1 N–H and O–H groups in total. The van der Waals surface area contributed by atoms with Crippen molar-refractivity contribution in [2.45, 2.75) is 25.1 Å². The molecule has 0 spiro atoms. The summed E-state index contributed by atoms with van der Waals surface area (Å²) in [5.41, 5.74) is 2.24. The van der Waals surface area contributed by atoms with E-state index >= 15 is 0 Å². The lowest BCUT2D eigenvalue weighted by molar-refractivity contribution is 0.151. The first kappa shape index (κ1) is 14.1. The van der Waals surface area contributed by atoms with Gasteiger partial charge in [-0.1, -0.05) is 42.5 Å². The molecule has 0 aromatic heterocycles. The summed E-state index contributed by atoms with van der Waals surface area (Å²) >= 11 is 0. The van der Waals surface area contributed by atoms with Crippen LogP contribution in [0.5, 0.6) is 5.75 Å². The van der Waals surface area contributed by atoms with E-state index in [1.807, 2.05) is 30.3 Å². The minimum absolute atomic E-state index is 0.202. The van der Waals surface area contributed by atoms with Gasteiger partial charge in [0.15, 0.2) is 0 Å². The van der Waals surface area contributed by atoms with Gasteiger partial charge >= 0.3 is 0 Å². The molecule has 0 bridgehead atoms. The van der Waals surface area contributed by atoms with Crippen LogP contribution in [0, 0.1) is 0 Å². The molecule has 1 heterocycles. The number of hydrogen-bond donors (Lipinski definition) is 1. The van der Waals surface area contributed by atoms with Crippen molar-refractivity contribution in [2.75, 3.05) is 13.7 Å². The van der Waals surface area contributed by atoms with Crippen LogP contribution in [0.1, 0.15) is 30.2 Å². The van der Waals surface area contributed by atoms with Crippen LogP contribution >= 0.6 is 0 Å². The van der Waals surface area contributed by atoms with Gasteiger partial charge in [-0.3, -0.25) is 4.90 Å². The standard InChI is InChI=1S/C18H21NO2/c1-13(14-6-4-3-5-7-14)19-12-17(19)18(20)15-8-10-16(21-2)11-9-15/h3-11,13,17-18,20H,12H2,1-2H3. The molecule has 2 aromatic carbocycles. The predicted molar refractivity (Wildman–Crippen MR) is 83.3 cm³/mol. The quantitative estimate of drug-likeness (QED) is 0.855. The summed E-state index contributed by atoms with van der Waals surface area (Å²) in [4.78, 5) is 2.32. The zero-order chi connectivity index (χ0) is 14.8. The third-order valence-corrected chi connectivity index (χ3v) is 4.29. The van der Waals surface area contributed by atoms with Gasteiger partial charge in [0.25, 0.3) is 0 Å². The molecule has 4 unspecified atom stereocenters. The Morgan fingerprint density at radius 1 is 1.05 bits per heavy atom. The third-order valence-electron chi connectivity index (χ3n) is 4.29. The molecule has 1 saturated heterocycles. The molecular weight excluding hydrogens is 262 g/mol. The summed E-state index contributed by atoms with van der Waals surface area (Å²) in [6.07, 6.45) is -0.443. The van der Waals surface area contributed by atoms with Crippen molar-refractivity contribution in [2.24, 2.45) is 0 Å². The highest BCUT2D eigenvalue weighted by Gasteiger charge is 2.43. The van der Waals surface area contributed by atoms with Crippen LogP contribution in [0.3, 0.4) is 0 Å². The molecule has 0 saturated carbocycles. The lowest BCUT2D eigenvalue weighted by Crippen LogP contribution is -2.14. The Balaban J connectivity index is 1.66. The van der Waals surface area contributed by atoms with E-state index < -0.39 is 6.10 Å². The van der Waals surface area contributed by atoms with E-state index in [4.69, 9.17) is 4.74 Å². The van der Waals surface area contributed by atoms with Crippen LogP contribution < -0.4 is 4.74 Å². The lowest BCUT2D eigenvalue weighted by Gasteiger charge is -2.17. The first-order valence-electron chi connectivity index (χ1n) is 7.33. The number of rotatable bonds is 5. The van der Waals surface area contributed by atoms with Gasteiger partial charge in [-0.05, 0) is 30.2 Å². The molecule has 0 radical (unpaired) electrons. The Bertz CT molecular complexity index is 582. The molecule has 21 heavy (non-hydrogen) atoms. The lowest BCUT2D eigenvalue weighted by atomic mass is 10.1. The minimum Gasteiger partial charge on any atom is -0.497 e. The van der Waals surface area contributed by atoms with Crippen LogP contribution in [0.25, 0.3) is 0 Å². The smallest absolute Gasteiger partial charge is 0.118 e. The van der Waals surface area contributed by atoms with Crippen LogP contribution in [-0.4, -0.2) is 29.7 Å². The highest BCUT2D eigenvalue weighted by Crippen LogP contribution is 2.38. The molecule has 1 fully saturated rings. The van der Waals surface area contributed by atoms with Crippen molar-refractivity contribution >= 4 is 0 Å². The third kappa shape index (κ3) is 2.94. The van der Waals surface area contributed by atoms with Crippen LogP contribution in [-0.2, 0) is 0 Å². The van der Waals surface area contributed by atoms with Gasteiger partial charge in [0.05, 0.1) is 19.3 Å². The van der Waals surface area contributed by atoms with Crippen molar-refractivity contribution in [3.63, 3.8) is 0 Å². The fourth-order valence-corrected chi connectivity index (χ4v) is 2.84. The fraction of sp³-hybridized carbons (Fsp3) is 0.333. The summed E-state index contributed by atoms with van der Waals surface area (Å²) in [5.74, 6) is 0.816. The molecule has 0 amide bonds. The molecule has 3 nitrogen and oxygen atoms in total. The second-order valence-corrected chi connectivity index (χ2v) is 5.57. The molecule has 110 valence electrons. The number of nitrogens with zero attached hydrogens (tertiary/aromatic N) is 1. The summed E-state index contributed by atoms with van der Waals surface area (Å²) in [5, 5.41) is 10.5. The number of hydrogen-bond acceptors (Lipinski definition) is 3. The maximum absolute atomic E-state index is 10.5. The Morgan fingerprint density at radius 2 is 1.71 bits per heavy atom. The summed E-state index contributed by atoms with van der Waals surface area (Å²) in [7, 11) is 1.65. The molecule has 3 rings (SSSR count). The normalized spacial score (nSPS) is 23.4. The zero-order valence-electron chi connectivity index (χ0n) is 12.4. The molecule has 2 aromatic rings. The first-order chi connectivity index (χ1) is 10.2. The Kier molecular flexibility index (Phi) is 3.95. The largest absolute Gasteiger partial charge is 0.497 e. The number of aliphatic hydroxyl groups excluding tert-OH is 1. The monoisotopic (exact) mass is 283 g/mol. The van der Waals surface area contributed by atoms with E-state index in [-0.39, 0.29) is 6.04 Å². The Hall–Kier alpha value is -1.84. The van der Waals surface area contributed by atoms with Crippen LogP contribution in [0.4, 0.5) is 0 Å². The maximum atomic E-state index is 10.5. The maximum Gasteiger partial charge on any atom is 0.118 e. The van der Waals surface area contributed by atoms with E-state index in [0.717, 1.165) is 17.9 Å². The zero-order valence-corrected chi connectivity index (χ0v) is 12.4. The minimum atomic E-state index is -0.443. The summed E-state index contributed by atoms with van der Waals surface area (Å²) < 4.78 is 5.15. The van der Waals surface area contributed by atoms with Crippen LogP contribution in [0.15, 0.2) is 54.6 Å². The van der Waals surface area contributed by atoms with Gasteiger partial charge in [-0.15, -0.1) is 0 Å². The SMILES string of the molecule is COc1ccc(C(O)C2CN2C(C)c2ccccc2)cc1. The number of ether oxygens (including phenoxy) is 1. The summed E-state index contributed by atoms with van der Waals surface area (Å²) in [6, 6.07) is 18.6. The highest BCUT2D eigenvalue weighted by atomic mass is 16.5. The van der Waals surface area contributed by atoms with E-state index in [1.165, 1.54) is 5.56 Å². The topological polar surface area (TPSA) is 32.5 Å². The number of methoxy groups -OCH3 is 1. The molecular formula is C18H21NO2. The van der Waals surface area contributed by atoms with Crippen molar-refractivity contribution in [1.82, 2.24) is 4.90 Å². The number of aliphatic hydroxyl groups is 1. The highest BCUT2D eigenvalue weighted by molar-refractivity contribution is 5.30. The molecule has 1 aliphatic rings. The van der Waals surface area contributed by atoms with Gasteiger partial charge in [0, 0.05) is 12.6 Å². The predicted octanol–water partition coefficient (Wildman–Crippen LogP) is 3.17. The van der Waals surface area contributed by atoms with Crippen molar-refractivity contribution in [3.05, 3.63) is 65.7 Å². The van der Waals surface area contributed by atoms with Gasteiger partial charge in [0.1, 0.15) is 5.75 Å². The average molecular weight is 283 g/mol. The van der Waals surface area contributed by atoms with Crippen molar-refractivity contribution in [1.29, 1.82) is 0 Å². The Labute approximate surface area is 125 Å². The van der Waals surface area contributed by atoms with Gasteiger partial charge in [-0.25, -0.2) is 0 Å². The fourth-order valence-electron chi connectivity index (χ4n) is 2.84. The van der Waals surface area contributed by atoms with E-state index in [0.29, 0.717) is 6.04 Å². The van der Waals surface area contributed by atoms with Crippen molar-refractivity contribution in [3.8, 4) is 5.75 Å². The molecule has 3 heteroatoms. The summed E-state index contributed by atoms with van der Waals surface area (Å²) in [6.45, 7) is 3.12. The van der Waals surface area contributed by atoms with Gasteiger partial charge < -0.3 is 9.84 Å². The van der Waals surface area contributed by atoms with E-state index in [2.05, 4.69) is 36.1 Å². The molecule has 0 aliphatic carbocycles. The average Bonchev–Trinajstić information content (AvgIpc) is 3.35. The molecule has 4 atom stereocenters. The van der Waals surface area contributed by atoms with Gasteiger partial charge in [-0.2, -0.15) is 0 Å². The van der Waals surface area contributed by atoms with Gasteiger partial charge in [0.2, 0.25) is 0 Å². The number of benzene rings is 2. The second-order valence-electron chi connectivity index (χ2n) is 5.57. The van der Waals surface area contributed by atoms with E-state index in [1.54, 1.807) is 7.11 Å².